The summed E-state index contributed by atoms with van der Waals surface area (Å²) in [5.74, 6) is 2.66. The van der Waals surface area contributed by atoms with Crippen molar-refractivity contribution < 1.29 is 14.3 Å². The van der Waals surface area contributed by atoms with Crippen LogP contribution in [0.3, 0.4) is 0 Å². The van der Waals surface area contributed by atoms with Crippen molar-refractivity contribution in [2.75, 3.05) is 6.61 Å². The highest BCUT2D eigenvalue weighted by molar-refractivity contribution is 5.77. The highest BCUT2D eigenvalue weighted by atomic mass is 16.5. The van der Waals surface area contributed by atoms with E-state index in [1.165, 1.54) is 41.5 Å². The second kappa shape index (κ2) is 7.96. The van der Waals surface area contributed by atoms with Gasteiger partial charge in [-0.15, -0.1) is 0 Å². The Labute approximate surface area is 219 Å². The molecule has 37 heavy (non-hydrogen) atoms. The molecule has 3 unspecified atom stereocenters. The molecule has 7 aliphatic carbocycles. The van der Waals surface area contributed by atoms with E-state index in [0.717, 1.165) is 31.4 Å². The second-order valence-corrected chi connectivity index (χ2v) is 12.8. The lowest BCUT2D eigenvalue weighted by Crippen LogP contribution is -2.59. The van der Waals surface area contributed by atoms with Gasteiger partial charge in [0.05, 0.1) is 12.5 Å². The Morgan fingerprint density at radius 3 is 1.97 bits per heavy atom. The third kappa shape index (κ3) is 3.42. The fraction of sp³-hybridized carbons (Fsp3) is 0.441. The van der Waals surface area contributed by atoms with E-state index < -0.39 is 0 Å². The van der Waals surface area contributed by atoms with Crippen LogP contribution in [0.5, 0.6) is 5.75 Å². The van der Waals surface area contributed by atoms with Crippen LogP contribution in [0.2, 0.25) is 0 Å². The standard InChI is InChI=1S/C34H34O3/c35-32(30-15-29-25-10-4-6-12-27(25)31(30)28-13-7-5-11-26(28)29)36-21-33-16-22-14-23(17-33)19-34(18-22,20-33)37-24-8-2-1-3-9-24/h1-13,22-23,29-31H,14-21H2. The summed E-state index contributed by atoms with van der Waals surface area (Å²) in [5.41, 5.74) is 5.42. The molecule has 6 bridgehead atoms. The topological polar surface area (TPSA) is 35.5 Å². The summed E-state index contributed by atoms with van der Waals surface area (Å²) in [6, 6.07) is 27.8. The summed E-state index contributed by atoms with van der Waals surface area (Å²) in [7, 11) is 0. The predicted octanol–water partition coefficient (Wildman–Crippen LogP) is 7.24. The lowest BCUT2D eigenvalue weighted by atomic mass is 9.48. The maximum atomic E-state index is 13.8. The fourth-order valence-corrected chi connectivity index (χ4v) is 9.59. The molecule has 0 N–H and O–H groups in total. The summed E-state index contributed by atoms with van der Waals surface area (Å²) >= 11 is 0. The summed E-state index contributed by atoms with van der Waals surface area (Å²) in [6.07, 6.45) is 7.84. The number of esters is 1. The average molecular weight is 491 g/mol. The normalized spacial score (nSPS) is 36.1. The van der Waals surface area contributed by atoms with Gasteiger partial charge >= 0.3 is 5.97 Å². The number of benzene rings is 3. The minimum atomic E-state index is -0.0989. The number of para-hydroxylation sites is 1. The molecule has 10 rings (SSSR count). The molecule has 0 aliphatic heterocycles. The van der Waals surface area contributed by atoms with Crippen molar-refractivity contribution in [1.29, 1.82) is 0 Å². The van der Waals surface area contributed by atoms with Gasteiger partial charge in [-0.05, 0) is 91.2 Å². The van der Waals surface area contributed by atoms with Crippen LogP contribution < -0.4 is 4.74 Å². The molecule has 0 amide bonds. The number of hydrogen-bond donors (Lipinski definition) is 0. The number of rotatable bonds is 5. The van der Waals surface area contributed by atoms with Gasteiger partial charge in [0.25, 0.3) is 0 Å². The molecule has 0 spiro atoms. The van der Waals surface area contributed by atoms with E-state index >= 15 is 0 Å². The third-order valence-corrected chi connectivity index (χ3v) is 10.3. The van der Waals surface area contributed by atoms with E-state index in [1.54, 1.807) is 0 Å². The Bertz CT molecular complexity index is 1300. The van der Waals surface area contributed by atoms with Gasteiger partial charge in [-0.25, -0.2) is 0 Å². The minimum absolute atomic E-state index is 0.00720. The Hall–Kier alpha value is -3.07. The van der Waals surface area contributed by atoms with Crippen LogP contribution >= 0.6 is 0 Å². The van der Waals surface area contributed by atoms with Crippen molar-refractivity contribution in [3.63, 3.8) is 0 Å². The summed E-state index contributed by atoms with van der Waals surface area (Å²) in [5, 5.41) is 0. The summed E-state index contributed by atoms with van der Waals surface area (Å²) in [6.45, 7) is 0.552. The smallest absolute Gasteiger partial charge is 0.309 e. The van der Waals surface area contributed by atoms with E-state index in [2.05, 4.69) is 72.8 Å². The van der Waals surface area contributed by atoms with Crippen molar-refractivity contribution in [1.82, 2.24) is 0 Å². The van der Waals surface area contributed by atoms with Crippen LogP contribution in [0.25, 0.3) is 0 Å². The molecule has 4 fully saturated rings. The number of carbonyl (C=O) groups is 1. The first-order valence-corrected chi connectivity index (χ1v) is 14.2. The molecule has 7 aliphatic rings. The fourth-order valence-electron chi connectivity index (χ4n) is 9.59. The molecule has 3 nitrogen and oxygen atoms in total. The van der Waals surface area contributed by atoms with E-state index in [0.29, 0.717) is 18.4 Å². The molecule has 3 atom stereocenters. The lowest BCUT2D eigenvalue weighted by molar-refractivity contribution is -0.181. The van der Waals surface area contributed by atoms with Gasteiger partial charge in [0.15, 0.2) is 0 Å². The third-order valence-electron chi connectivity index (χ3n) is 10.3. The van der Waals surface area contributed by atoms with Crippen molar-refractivity contribution in [3.8, 4) is 5.75 Å². The molecule has 3 heteroatoms. The van der Waals surface area contributed by atoms with E-state index in [9.17, 15) is 4.79 Å². The Morgan fingerprint density at radius 1 is 0.730 bits per heavy atom. The molecule has 0 aromatic heterocycles. The van der Waals surface area contributed by atoms with Crippen LogP contribution in [0.4, 0.5) is 0 Å². The van der Waals surface area contributed by atoms with Crippen LogP contribution in [0.15, 0.2) is 78.9 Å². The van der Waals surface area contributed by atoms with Crippen molar-refractivity contribution >= 4 is 5.97 Å². The number of carbonyl (C=O) groups excluding carboxylic acids is 1. The molecule has 4 saturated carbocycles. The highest BCUT2D eigenvalue weighted by Crippen LogP contribution is 2.63. The molecular weight excluding hydrogens is 456 g/mol. The minimum Gasteiger partial charge on any atom is -0.487 e. The Balaban J connectivity index is 1.04. The zero-order chi connectivity index (χ0) is 24.6. The zero-order valence-corrected chi connectivity index (χ0v) is 21.3. The molecule has 188 valence electrons. The van der Waals surface area contributed by atoms with Gasteiger partial charge in [0.1, 0.15) is 11.4 Å². The number of fused-ring (bicyclic) bond motifs is 1. The Kier molecular flexibility index (Phi) is 4.73. The SMILES string of the molecule is O=C(OCC12CC3CC(C1)CC(Oc1ccccc1)(C3)C2)C1CC2c3ccccc3C1c1ccccc12. The first-order chi connectivity index (χ1) is 18.1. The van der Waals surface area contributed by atoms with Gasteiger partial charge in [-0.1, -0.05) is 66.7 Å². The second-order valence-electron chi connectivity index (χ2n) is 12.8. The quantitative estimate of drug-likeness (QED) is 0.354. The largest absolute Gasteiger partial charge is 0.487 e. The zero-order valence-electron chi connectivity index (χ0n) is 21.3. The van der Waals surface area contributed by atoms with Gasteiger partial charge < -0.3 is 9.47 Å². The lowest BCUT2D eigenvalue weighted by Gasteiger charge is -2.61. The van der Waals surface area contributed by atoms with Crippen molar-refractivity contribution in [3.05, 3.63) is 101 Å². The van der Waals surface area contributed by atoms with Crippen LogP contribution in [0, 0.1) is 23.2 Å². The van der Waals surface area contributed by atoms with Crippen molar-refractivity contribution in [2.24, 2.45) is 23.2 Å². The monoisotopic (exact) mass is 490 g/mol. The van der Waals surface area contributed by atoms with Crippen molar-refractivity contribution in [2.45, 2.75) is 62.4 Å². The average Bonchev–Trinajstić information content (AvgIpc) is 2.91. The van der Waals surface area contributed by atoms with E-state index in [-0.39, 0.29) is 34.7 Å². The van der Waals surface area contributed by atoms with Crippen LogP contribution in [-0.4, -0.2) is 18.2 Å². The maximum Gasteiger partial charge on any atom is 0.309 e. The molecule has 0 radical (unpaired) electrons. The number of hydrogen-bond acceptors (Lipinski definition) is 3. The maximum absolute atomic E-state index is 13.8. The number of ether oxygens (including phenoxy) is 2. The van der Waals surface area contributed by atoms with E-state index in [4.69, 9.17) is 9.47 Å². The van der Waals surface area contributed by atoms with E-state index in [1.807, 2.05) is 6.07 Å². The predicted molar refractivity (Wildman–Crippen MR) is 143 cm³/mol. The van der Waals surface area contributed by atoms with Gasteiger partial charge in [0, 0.05) is 17.3 Å². The van der Waals surface area contributed by atoms with Gasteiger partial charge in [-0.2, -0.15) is 0 Å². The first kappa shape index (κ1) is 22.0. The summed E-state index contributed by atoms with van der Waals surface area (Å²) < 4.78 is 13.1. The molecular formula is C34H34O3. The highest BCUT2D eigenvalue weighted by Gasteiger charge is 2.60. The van der Waals surface area contributed by atoms with Gasteiger partial charge in [-0.3, -0.25) is 4.79 Å². The molecule has 0 saturated heterocycles. The van der Waals surface area contributed by atoms with Crippen LogP contribution in [-0.2, 0) is 9.53 Å². The summed E-state index contributed by atoms with van der Waals surface area (Å²) in [4.78, 5) is 13.8. The van der Waals surface area contributed by atoms with Crippen LogP contribution in [0.1, 0.15) is 79.0 Å². The molecule has 0 heterocycles. The Morgan fingerprint density at radius 2 is 1.32 bits per heavy atom. The molecule has 3 aromatic rings. The molecule has 3 aromatic carbocycles. The first-order valence-electron chi connectivity index (χ1n) is 14.2. The van der Waals surface area contributed by atoms with Gasteiger partial charge in [0.2, 0.25) is 0 Å².